The van der Waals surface area contributed by atoms with Crippen LogP contribution in [0.3, 0.4) is 0 Å². The number of aromatic carboxylic acids is 1. The van der Waals surface area contributed by atoms with Crippen molar-refractivity contribution in [3.05, 3.63) is 41.3 Å². The Hall–Kier alpha value is -2.32. The minimum Gasteiger partial charge on any atom is -0.475 e. The summed E-state index contributed by atoms with van der Waals surface area (Å²) in [6.45, 7) is 0. The average Bonchev–Trinajstić information content (AvgIpc) is 2.96. The van der Waals surface area contributed by atoms with Gasteiger partial charge >= 0.3 is 12.0 Å². The van der Waals surface area contributed by atoms with Gasteiger partial charge in [0.05, 0.1) is 17.1 Å². The fourth-order valence-corrected chi connectivity index (χ4v) is 2.16. The van der Waals surface area contributed by atoms with E-state index in [4.69, 9.17) is 21.1 Å². The van der Waals surface area contributed by atoms with Gasteiger partial charge in [0, 0.05) is 25.2 Å². The van der Waals surface area contributed by atoms with Crippen LogP contribution in [0.2, 0.25) is 5.02 Å². The number of halogens is 1. The predicted octanol–water partition coefficient (Wildman–Crippen LogP) is 3.58. The minimum atomic E-state index is -1.23. The van der Waals surface area contributed by atoms with E-state index in [1.807, 2.05) is 19.0 Å². The van der Waals surface area contributed by atoms with Gasteiger partial charge in [-0.1, -0.05) is 24.4 Å². The van der Waals surface area contributed by atoms with E-state index in [1.165, 1.54) is 6.07 Å². The molecule has 1 aromatic carbocycles. The first kappa shape index (κ1) is 17.0. The number of urea groups is 1. The van der Waals surface area contributed by atoms with Gasteiger partial charge < -0.3 is 19.7 Å². The molecule has 0 atom stereocenters. The van der Waals surface area contributed by atoms with Crippen molar-refractivity contribution in [3.8, 4) is 0 Å². The van der Waals surface area contributed by atoms with Crippen LogP contribution in [-0.2, 0) is 0 Å². The summed E-state index contributed by atoms with van der Waals surface area (Å²) in [4.78, 5) is 24.9. The Labute approximate surface area is 143 Å². The molecule has 0 saturated heterocycles. The van der Waals surface area contributed by atoms with Crippen molar-refractivity contribution in [3.63, 3.8) is 0 Å². The van der Waals surface area contributed by atoms with Crippen LogP contribution in [0.4, 0.5) is 21.9 Å². The molecule has 7 nitrogen and oxygen atoms in total. The molecular formula is C14H14ClN3O4S. The van der Waals surface area contributed by atoms with Crippen molar-refractivity contribution >= 4 is 53.5 Å². The number of carbonyl (C=O) groups excluding carboxylic acids is 1. The van der Waals surface area contributed by atoms with Gasteiger partial charge in [0.25, 0.3) is 0 Å². The number of hydrogen-bond donors (Lipinski definition) is 3. The van der Waals surface area contributed by atoms with E-state index in [-0.39, 0.29) is 11.4 Å². The number of anilines is 3. The van der Waals surface area contributed by atoms with Crippen LogP contribution in [0.1, 0.15) is 10.6 Å². The molecule has 1 aromatic heterocycles. The van der Waals surface area contributed by atoms with E-state index in [0.29, 0.717) is 10.7 Å². The third-order valence-corrected chi connectivity index (χ3v) is 3.56. The summed E-state index contributed by atoms with van der Waals surface area (Å²) in [6, 6.07) is 5.69. The second-order valence-electron chi connectivity index (χ2n) is 4.77. The summed E-state index contributed by atoms with van der Waals surface area (Å²) in [5, 5.41) is 12.0. The van der Waals surface area contributed by atoms with Crippen LogP contribution >= 0.6 is 24.4 Å². The topological polar surface area (TPSA) is 86.0 Å². The molecule has 1 heterocycles. The molecule has 2 amide bonds. The molecule has 2 N–H and O–H groups in total. The summed E-state index contributed by atoms with van der Waals surface area (Å²) in [5.41, 5.74) is 1.44. The monoisotopic (exact) mass is 355 g/mol. The van der Waals surface area contributed by atoms with Gasteiger partial charge in [-0.2, -0.15) is 0 Å². The SMILES string of the molecule is CN(C)c1ccc(Cl)cc1NC(=O)N(S)c1coc(C(=O)O)c1. The Bertz CT molecular complexity index is 747. The van der Waals surface area contributed by atoms with E-state index in [2.05, 4.69) is 18.1 Å². The number of carbonyl (C=O) groups is 2. The van der Waals surface area contributed by atoms with Crippen molar-refractivity contribution in [1.82, 2.24) is 0 Å². The lowest BCUT2D eigenvalue weighted by atomic mass is 10.2. The fraction of sp³-hybridized carbons (Fsp3) is 0.143. The van der Waals surface area contributed by atoms with E-state index in [0.717, 1.165) is 16.3 Å². The van der Waals surface area contributed by atoms with Crippen LogP contribution < -0.4 is 14.5 Å². The van der Waals surface area contributed by atoms with Gasteiger partial charge in [-0.05, 0) is 18.2 Å². The number of furan rings is 1. The molecule has 0 saturated carbocycles. The van der Waals surface area contributed by atoms with Crippen molar-refractivity contribution in [2.24, 2.45) is 0 Å². The lowest BCUT2D eigenvalue weighted by Gasteiger charge is -2.20. The molecule has 23 heavy (non-hydrogen) atoms. The zero-order valence-electron chi connectivity index (χ0n) is 12.3. The highest BCUT2D eigenvalue weighted by atomic mass is 35.5. The number of benzene rings is 1. The summed E-state index contributed by atoms with van der Waals surface area (Å²) < 4.78 is 5.77. The number of amides is 2. The molecule has 0 fully saturated rings. The quantitative estimate of drug-likeness (QED) is 0.730. The highest BCUT2D eigenvalue weighted by Gasteiger charge is 2.19. The van der Waals surface area contributed by atoms with Crippen LogP contribution in [0.5, 0.6) is 0 Å². The maximum absolute atomic E-state index is 12.3. The molecule has 2 rings (SSSR count). The lowest BCUT2D eigenvalue weighted by Crippen LogP contribution is -2.27. The first-order valence-electron chi connectivity index (χ1n) is 6.38. The van der Waals surface area contributed by atoms with Gasteiger partial charge in [0.2, 0.25) is 5.76 Å². The third-order valence-electron chi connectivity index (χ3n) is 2.92. The first-order chi connectivity index (χ1) is 10.8. The van der Waals surface area contributed by atoms with Crippen molar-refractivity contribution in [2.75, 3.05) is 28.6 Å². The molecule has 122 valence electrons. The summed E-state index contributed by atoms with van der Waals surface area (Å²) in [5.74, 6) is -1.52. The number of hydrogen-bond acceptors (Lipinski definition) is 5. The van der Waals surface area contributed by atoms with Gasteiger partial charge in [-0.3, -0.25) is 0 Å². The normalized spacial score (nSPS) is 10.3. The molecule has 9 heteroatoms. The zero-order chi connectivity index (χ0) is 17.1. The second-order valence-corrected chi connectivity index (χ2v) is 5.61. The lowest BCUT2D eigenvalue weighted by molar-refractivity contribution is 0.0662. The number of nitrogens with zero attached hydrogens (tertiary/aromatic N) is 2. The number of carboxylic acids is 1. The minimum absolute atomic E-state index is 0.191. The second kappa shape index (κ2) is 6.84. The maximum Gasteiger partial charge on any atom is 0.371 e. The molecule has 0 bridgehead atoms. The predicted molar refractivity (Wildman–Crippen MR) is 91.9 cm³/mol. The zero-order valence-corrected chi connectivity index (χ0v) is 13.9. The Morgan fingerprint density at radius 2 is 2.00 bits per heavy atom. The summed E-state index contributed by atoms with van der Waals surface area (Å²) in [7, 11) is 3.65. The van der Waals surface area contributed by atoms with E-state index in [9.17, 15) is 9.59 Å². The molecular weight excluding hydrogens is 342 g/mol. The van der Waals surface area contributed by atoms with E-state index in [1.54, 1.807) is 18.2 Å². The Morgan fingerprint density at radius 3 is 2.57 bits per heavy atom. The van der Waals surface area contributed by atoms with E-state index >= 15 is 0 Å². The van der Waals surface area contributed by atoms with Crippen LogP contribution in [0, 0.1) is 0 Å². The van der Waals surface area contributed by atoms with Crippen molar-refractivity contribution in [2.45, 2.75) is 0 Å². The van der Waals surface area contributed by atoms with Gasteiger partial charge in [-0.15, -0.1) is 0 Å². The van der Waals surface area contributed by atoms with Crippen molar-refractivity contribution in [1.29, 1.82) is 0 Å². The van der Waals surface area contributed by atoms with Crippen molar-refractivity contribution < 1.29 is 19.1 Å². The first-order valence-corrected chi connectivity index (χ1v) is 7.16. The number of thiol groups is 1. The highest BCUT2D eigenvalue weighted by molar-refractivity contribution is 7.82. The maximum atomic E-state index is 12.3. The number of carboxylic acid groups (broad SMARTS) is 1. The Kier molecular flexibility index (Phi) is 5.07. The largest absolute Gasteiger partial charge is 0.475 e. The van der Waals surface area contributed by atoms with Crippen LogP contribution in [0.15, 0.2) is 34.9 Å². The molecule has 0 spiro atoms. The smallest absolute Gasteiger partial charge is 0.371 e. The van der Waals surface area contributed by atoms with Gasteiger partial charge in [0.15, 0.2) is 0 Å². The molecule has 0 unspecified atom stereocenters. The van der Waals surface area contributed by atoms with Crippen LogP contribution in [0.25, 0.3) is 0 Å². The summed E-state index contributed by atoms with van der Waals surface area (Å²) in [6.07, 6.45) is 1.13. The highest BCUT2D eigenvalue weighted by Crippen LogP contribution is 2.29. The molecule has 0 radical (unpaired) electrons. The Morgan fingerprint density at radius 1 is 1.30 bits per heavy atom. The number of rotatable bonds is 4. The molecule has 2 aromatic rings. The average molecular weight is 356 g/mol. The molecule has 0 aliphatic carbocycles. The molecule has 0 aliphatic rings. The van der Waals surface area contributed by atoms with Crippen LogP contribution in [-0.4, -0.2) is 31.2 Å². The van der Waals surface area contributed by atoms with Gasteiger partial charge in [0.1, 0.15) is 6.26 Å². The van der Waals surface area contributed by atoms with E-state index < -0.39 is 12.0 Å². The standard InChI is InChI=1S/C14H14ClN3O4S/c1-17(2)11-4-3-8(15)5-10(11)16-14(21)18(23)9-6-12(13(19)20)22-7-9/h3-7,23H,1-2H3,(H,16,21)(H,19,20). The summed E-state index contributed by atoms with van der Waals surface area (Å²) >= 11 is 10.0. The third kappa shape index (κ3) is 3.91. The number of nitrogens with one attached hydrogen (secondary N) is 1. The molecule has 0 aliphatic heterocycles. The Balaban J connectivity index is 2.21. The fourth-order valence-electron chi connectivity index (χ4n) is 1.83. The van der Waals surface area contributed by atoms with Gasteiger partial charge in [-0.25, -0.2) is 13.9 Å².